The molecule has 28 heavy (non-hydrogen) atoms. The number of hydrogen-bond donors (Lipinski definition) is 2. The summed E-state index contributed by atoms with van der Waals surface area (Å²) in [5.41, 5.74) is 2.04. The summed E-state index contributed by atoms with van der Waals surface area (Å²) in [5.74, 6) is 1.41. The van der Waals surface area contributed by atoms with E-state index in [-0.39, 0.29) is 11.8 Å². The van der Waals surface area contributed by atoms with Gasteiger partial charge in [0.15, 0.2) is 5.82 Å². The van der Waals surface area contributed by atoms with Gasteiger partial charge in [-0.25, -0.2) is 9.97 Å². The molecule has 0 spiro atoms. The summed E-state index contributed by atoms with van der Waals surface area (Å²) in [6.45, 7) is 4.83. The molecular weight excluding hydrogens is 358 g/mol. The molecule has 2 N–H and O–H groups in total. The first kappa shape index (κ1) is 18.4. The van der Waals surface area contributed by atoms with Gasteiger partial charge in [-0.1, -0.05) is 23.8 Å². The Labute approximate surface area is 163 Å². The Balaban J connectivity index is 1.67. The third-order valence-electron chi connectivity index (χ3n) is 4.89. The van der Waals surface area contributed by atoms with Gasteiger partial charge in [-0.05, 0) is 19.4 Å². The fourth-order valence-electron chi connectivity index (χ4n) is 3.39. The number of benzene rings is 1. The van der Waals surface area contributed by atoms with Crippen LogP contribution < -0.4 is 15.5 Å². The van der Waals surface area contributed by atoms with E-state index >= 15 is 0 Å². The van der Waals surface area contributed by atoms with Crippen LogP contribution in [0.5, 0.6) is 0 Å². The highest BCUT2D eigenvalue weighted by Gasteiger charge is 2.27. The Hall–Kier alpha value is -3.00. The van der Waals surface area contributed by atoms with Gasteiger partial charge in [-0.15, -0.1) is 0 Å². The molecule has 2 amide bonds. The number of ether oxygens (including phenoxy) is 1. The van der Waals surface area contributed by atoms with Crippen LogP contribution in [0.4, 0.5) is 11.6 Å². The first-order chi connectivity index (χ1) is 13.6. The number of nitrogens with zero attached hydrogens (tertiary/aromatic N) is 3. The van der Waals surface area contributed by atoms with E-state index < -0.39 is 6.04 Å². The van der Waals surface area contributed by atoms with E-state index in [0.717, 1.165) is 30.0 Å². The van der Waals surface area contributed by atoms with Crippen molar-refractivity contribution in [3.8, 4) is 11.4 Å². The molecule has 8 heteroatoms. The normalized spacial score (nSPS) is 20.0. The largest absolute Gasteiger partial charge is 0.378 e. The van der Waals surface area contributed by atoms with Gasteiger partial charge in [0.1, 0.15) is 17.7 Å². The average molecular weight is 381 g/mol. The van der Waals surface area contributed by atoms with Crippen LogP contribution in [0, 0.1) is 6.92 Å². The highest BCUT2D eigenvalue weighted by molar-refractivity contribution is 6.01. The number of hydrogen-bond acceptors (Lipinski definition) is 7. The number of aryl methyl sites for hydroxylation is 1. The van der Waals surface area contributed by atoms with Gasteiger partial charge in [-0.3, -0.25) is 14.9 Å². The van der Waals surface area contributed by atoms with Crippen molar-refractivity contribution in [1.29, 1.82) is 0 Å². The molecule has 1 aromatic carbocycles. The summed E-state index contributed by atoms with van der Waals surface area (Å²) < 4.78 is 5.44. The third kappa shape index (κ3) is 4.12. The van der Waals surface area contributed by atoms with E-state index in [0.29, 0.717) is 37.7 Å². The smallest absolute Gasteiger partial charge is 0.249 e. The lowest BCUT2D eigenvalue weighted by Gasteiger charge is -2.29. The van der Waals surface area contributed by atoms with Gasteiger partial charge in [0.05, 0.1) is 13.2 Å². The van der Waals surface area contributed by atoms with Crippen LogP contribution in [0.3, 0.4) is 0 Å². The highest BCUT2D eigenvalue weighted by Crippen LogP contribution is 2.25. The van der Waals surface area contributed by atoms with Crippen LogP contribution in [-0.2, 0) is 14.3 Å². The predicted octanol–water partition coefficient (Wildman–Crippen LogP) is 1.51. The summed E-state index contributed by atoms with van der Waals surface area (Å²) in [7, 11) is 0. The topological polar surface area (TPSA) is 96.5 Å². The zero-order chi connectivity index (χ0) is 19.5. The molecule has 4 rings (SSSR count). The van der Waals surface area contributed by atoms with Gasteiger partial charge in [-0.2, -0.15) is 0 Å². The number of morpholine rings is 1. The summed E-state index contributed by atoms with van der Waals surface area (Å²) in [4.78, 5) is 35.1. The molecule has 2 saturated heterocycles. The zero-order valence-corrected chi connectivity index (χ0v) is 15.8. The van der Waals surface area contributed by atoms with E-state index in [2.05, 4.69) is 20.5 Å². The van der Waals surface area contributed by atoms with Gasteiger partial charge in [0.25, 0.3) is 0 Å². The first-order valence-corrected chi connectivity index (χ1v) is 9.47. The molecular formula is C20H23N5O3. The second-order valence-electron chi connectivity index (χ2n) is 7.05. The SMILES string of the molecule is Cc1cccc(-c2nc(NC3CCC(=O)NC3=O)cc(N3CCOCC3)n2)c1. The van der Waals surface area contributed by atoms with Crippen molar-refractivity contribution < 1.29 is 14.3 Å². The Kier molecular flexibility index (Phi) is 5.21. The Morgan fingerprint density at radius 3 is 2.75 bits per heavy atom. The Morgan fingerprint density at radius 1 is 1.18 bits per heavy atom. The minimum absolute atomic E-state index is 0.236. The molecule has 2 fully saturated rings. The molecule has 0 saturated carbocycles. The minimum Gasteiger partial charge on any atom is -0.378 e. The van der Waals surface area contributed by atoms with Crippen molar-refractivity contribution in [2.24, 2.45) is 0 Å². The maximum atomic E-state index is 12.1. The average Bonchev–Trinajstić information content (AvgIpc) is 2.71. The van der Waals surface area contributed by atoms with E-state index in [4.69, 9.17) is 9.72 Å². The number of imide groups is 1. The third-order valence-corrected chi connectivity index (χ3v) is 4.89. The summed E-state index contributed by atoms with van der Waals surface area (Å²) in [6, 6.07) is 9.38. The number of rotatable bonds is 4. The maximum Gasteiger partial charge on any atom is 0.249 e. The lowest BCUT2D eigenvalue weighted by molar-refractivity contribution is -0.133. The van der Waals surface area contributed by atoms with E-state index in [9.17, 15) is 9.59 Å². The van der Waals surface area contributed by atoms with Crippen LogP contribution in [0.15, 0.2) is 30.3 Å². The molecule has 3 heterocycles. The van der Waals surface area contributed by atoms with Crippen molar-refractivity contribution in [2.45, 2.75) is 25.8 Å². The van der Waals surface area contributed by atoms with E-state index in [1.807, 2.05) is 37.3 Å². The Bertz CT molecular complexity index is 895. The molecule has 0 radical (unpaired) electrons. The van der Waals surface area contributed by atoms with Gasteiger partial charge < -0.3 is 15.0 Å². The van der Waals surface area contributed by atoms with Gasteiger partial charge in [0, 0.05) is 31.1 Å². The van der Waals surface area contributed by atoms with Crippen molar-refractivity contribution >= 4 is 23.5 Å². The highest BCUT2D eigenvalue weighted by atomic mass is 16.5. The van der Waals surface area contributed by atoms with Crippen LogP contribution in [0.2, 0.25) is 0 Å². The molecule has 0 aliphatic carbocycles. The molecule has 2 aromatic rings. The molecule has 146 valence electrons. The van der Waals surface area contributed by atoms with E-state index in [1.54, 1.807) is 0 Å². The monoisotopic (exact) mass is 381 g/mol. The fraction of sp³-hybridized carbons (Fsp3) is 0.400. The second kappa shape index (κ2) is 7.93. The standard InChI is InChI=1S/C20H23N5O3/c1-13-3-2-4-14(11-13)19-22-16(21-15-5-6-18(26)24-20(15)27)12-17(23-19)25-7-9-28-10-8-25/h2-4,11-12,15H,5-10H2,1H3,(H,21,22,23)(H,24,26,27). The quantitative estimate of drug-likeness (QED) is 0.775. The molecule has 1 aromatic heterocycles. The number of amides is 2. The maximum absolute atomic E-state index is 12.1. The first-order valence-electron chi connectivity index (χ1n) is 9.47. The zero-order valence-electron chi connectivity index (χ0n) is 15.8. The van der Waals surface area contributed by atoms with E-state index in [1.165, 1.54) is 0 Å². The number of carbonyl (C=O) groups excluding carboxylic acids is 2. The summed E-state index contributed by atoms with van der Waals surface area (Å²) in [6.07, 6.45) is 0.761. The van der Waals surface area contributed by atoms with Crippen molar-refractivity contribution in [1.82, 2.24) is 15.3 Å². The van der Waals surface area contributed by atoms with Gasteiger partial charge >= 0.3 is 0 Å². The molecule has 2 aliphatic heterocycles. The fourth-order valence-corrected chi connectivity index (χ4v) is 3.39. The Morgan fingerprint density at radius 2 is 2.00 bits per heavy atom. The number of aromatic nitrogens is 2. The summed E-state index contributed by atoms with van der Waals surface area (Å²) in [5, 5.41) is 5.55. The number of anilines is 2. The molecule has 0 bridgehead atoms. The van der Waals surface area contributed by atoms with Crippen molar-refractivity contribution in [3.63, 3.8) is 0 Å². The van der Waals surface area contributed by atoms with Crippen molar-refractivity contribution in [2.75, 3.05) is 36.5 Å². The van der Waals surface area contributed by atoms with Crippen LogP contribution in [0.25, 0.3) is 11.4 Å². The molecule has 8 nitrogen and oxygen atoms in total. The van der Waals surface area contributed by atoms with Crippen LogP contribution in [-0.4, -0.2) is 54.1 Å². The van der Waals surface area contributed by atoms with Crippen LogP contribution in [0.1, 0.15) is 18.4 Å². The lowest BCUT2D eigenvalue weighted by atomic mass is 10.1. The number of nitrogens with one attached hydrogen (secondary N) is 2. The van der Waals surface area contributed by atoms with Crippen molar-refractivity contribution in [3.05, 3.63) is 35.9 Å². The second-order valence-corrected chi connectivity index (χ2v) is 7.05. The molecule has 1 atom stereocenters. The minimum atomic E-state index is -0.490. The van der Waals surface area contributed by atoms with Gasteiger partial charge in [0.2, 0.25) is 11.8 Å². The summed E-state index contributed by atoms with van der Waals surface area (Å²) >= 11 is 0. The number of carbonyl (C=O) groups is 2. The molecule has 2 aliphatic rings. The van der Waals surface area contributed by atoms with Crippen LogP contribution >= 0.6 is 0 Å². The molecule has 1 unspecified atom stereocenters. The predicted molar refractivity (Wildman–Crippen MR) is 105 cm³/mol. The lowest BCUT2D eigenvalue weighted by Crippen LogP contribution is -2.47. The number of piperidine rings is 1.